The van der Waals surface area contributed by atoms with Crippen LogP contribution in [0, 0.1) is 0 Å². The lowest BCUT2D eigenvalue weighted by Crippen LogP contribution is -2.33. The number of nitrogens with one attached hydrogen (secondary N) is 2. The summed E-state index contributed by atoms with van der Waals surface area (Å²) < 4.78 is 28.0. The van der Waals surface area contributed by atoms with E-state index >= 15 is 0 Å². The minimum absolute atomic E-state index is 0.404. The Bertz CT molecular complexity index is 491. The molecular weight excluding hydrogens is 372 g/mol. The summed E-state index contributed by atoms with van der Waals surface area (Å²) in [6, 6.07) is 5.33. The summed E-state index contributed by atoms with van der Waals surface area (Å²) in [6.45, 7) is 2.06. The van der Waals surface area contributed by atoms with E-state index in [2.05, 4.69) is 41.9 Å². The highest BCUT2D eigenvalue weighted by Crippen LogP contribution is 2.27. The average molecular weight is 386 g/mol. The van der Waals surface area contributed by atoms with Gasteiger partial charge in [0.15, 0.2) is 0 Å². The molecule has 0 spiro atoms. The van der Waals surface area contributed by atoms with Crippen molar-refractivity contribution in [1.29, 1.82) is 0 Å². The second-order valence-corrected chi connectivity index (χ2v) is 7.51. The summed E-state index contributed by atoms with van der Waals surface area (Å²) in [7, 11) is -1.65. The Morgan fingerprint density at radius 3 is 2.59 bits per heavy atom. The standard InChI is InChI=1S/C10H14Br2N2O2S/c1-7(6-13-2)17(15,16)14-10-5-8(11)3-4-9(10)12/h3-5,7,13-14H,6H2,1-2H3. The first kappa shape index (κ1) is 14.9. The molecule has 0 bridgehead atoms. The van der Waals surface area contributed by atoms with Crippen molar-refractivity contribution < 1.29 is 8.42 Å². The van der Waals surface area contributed by atoms with E-state index in [9.17, 15) is 8.42 Å². The highest BCUT2D eigenvalue weighted by molar-refractivity contribution is 9.11. The van der Waals surface area contributed by atoms with Crippen molar-refractivity contribution in [2.24, 2.45) is 0 Å². The third-order valence-electron chi connectivity index (χ3n) is 2.20. The molecule has 0 aliphatic carbocycles. The Balaban J connectivity index is 2.94. The van der Waals surface area contributed by atoms with E-state index in [1.165, 1.54) is 0 Å². The number of rotatable bonds is 5. The van der Waals surface area contributed by atoms with Crippen LogP contribution < -0.4 is 10.0 Å². The Morgan fingerprint density at radius 2 is 2.00 bits per heavy atom. The van der Waals surface area contributed by atoms with Crippen LogP contribution in [0.15, 0.2) is 27.1 Å². The zero-order valence-corrected chi connectivity index (χ0v) is 13.5. The molecule has 0 aliphatic heterocycles. The maximum atomic E-state index is 12.0. The van der Waals surface area contributed by atoms with Gasteiger partial charge in [0.2, 0.25) is 10.0 Å². The maximum absolute atomic E-state index is 12.0. The fraction of sp³-hybridized carbons (Fsp3) is 0.400. The molecule has 2 N–H and O–H groups in total. The minimum Gasteiger partial charge on any atom is -0.318 e. The Hall–Kier alpha value is -0.110. The highest BCUT2D eigenvalue weighted by Gasteiger charge is 2.20. The van der Waals surface area contributed by atoms with E-state index in [0.717, 1.165) is 4.47 Å². The highest BCUT2D eigenvalue weighted by atomic mass is 79.9. The molecule has 1 aromatic carbocycles. The smallest absolute Gasteiger partial charge is 0.236 e. The molecule has 1 aromatic rings. The summed E-state index contributed by atoms with van der Waals surface area (Å²) in [5.74, 6) is 0. The van der Waals surface area contributed by atoms with Gasteiger partial charge in [-0.1, -0.05) is 15.9 Å². The lowest BCUT2D eigenvalue weighted by Gasteiger charge is -2.15. The molecular formula is C10H14Br2N2O2S. The lowest BCUT2D eigenvalue weighted by molar-refractivity contribution is 0.583. The van der Waals surface area contributed by atoms with Gasteiger partial charge in [-0.25, -0.2) is 8.42 Å². The number of hydrogen-bond acceptors (Lipinski definition) is 3. The SMILES string of the molecule is CNCC(C)S(=O)(=O)Nc1cc(Br)ccc1Br. The van der Waals surface area contributed by atoms with Crippen molar-refractivity contribution in [2.45, 2.75) is 12.2 Å². The molecule has 7 heteroatoms. The second-order valence-electron chi connectivity index (χ2n) is 3.64. The largest absolute Gasteiger partial charge is 0.318 e. The lowest BCUT2D eigenvalue weighted by atomic mass is 10.3. The predicted octanol–water partition coefficient (Wildman–Crippen LogP) is 2.56. The fourth-order valence-corrected chi connectivity index (χ4v) is 3.13. The van der Waals surface area contributed by atoms with Crippen LogP contribution in [0.5, 0.6) is 0 Å². The van der Waals surface area contributed by atoms with Crippen molar-refractivity contribution in [3.63, 3.8) is 0 Å². The first-order valence-electron chi connectivity index (χ1n) is 4.98. The third kappa shape index (κ3) is 4.24. The molecule has 1 unspecified atom stereocenters. The summed E-state index contributed by atoms with van der Waals surface area (Å²) in [4.78, 5) is 0. The van der Waals surface area contributed by atoms with Crippen LogP contribution in [0.4, 0.5) is 5.69 Å². The van der Waals surface area contributed by atoms with E-state index < -0.39 is 15.3 Å². The van der Waals surface area contributed by atoms with E-state index in [1.54, 1.807) is 26.1 Å². The van der Waals surface area contributed by atoms with Crippen LogP contribution in [0.25, 0.3) is 0 Å². The summed E-state index contributed by atoms with van der Waals surface area (Å²) in [6.07, 6.45) is 0. The number of anilines is 1. The first-order valence-corrected chi connectivity index (χ1v) is 8.11. The van der Waals surface area contributed by atoms with Gasteiger partial charge in [-0.2, -0.15) is 0 Å². The molecule has 1 atom stereocenters. The van der Waals surface area contributed by atoms with Crippen LogP contribution in [0.1, 0.15) is 6.92 Å². The van der Waals surface area contributed by atoms with E-state index in [4.69, 9.17) is 0 Å². The number of benzene rings is 1. The minimum atomic E-state index is -3.38. The Kier molecular flexibility index (Phi) is 5.43. The van der Waals surface area contributed by atoms with Crippen LogP contribution in [-0.2, 0) is 10.0 Å². The van der Waals surface area contributed by atoms with E-state index in [1.807, 2.05) is 6.07 Å². The monoisotopic (exact) mass is 384 g/mol. The summed E-state index contributed by atoms with van der Waals surface area (Å²) >= 11 is 6.61. The zero-order chi connectivity index (χ0) is 13.1. The topological polar surface area (TPSA) is 58.2 Å². The van der Waals surface area contributed by atoms with Gasteiger partial charge in [-0.05, 0) is 48.1 Å². The van der Waals surface area contributed by atoms with Gasteiger partial charge in [0.05, 0.1) is 10.9 Å². The van der Waals surface area contributed by atoms with Gasteiger partial charge in [-0.3, -0.25) is 4.72 Å². The van der Waals surface area contributed by atoms with Crippen molar-refractivity contribution in [3.05, 3.63) is 27.1 Å². The normalized spacial score (nSPS) is 13.4. The number of hydrogen-bond donors (Lipinski definition) is 2. The van der Waals surface area contributed by atoms with Crippen molar-refractivity contribution >= 4 is 47.6 Å². The molecule has 0 amide bonds. The van der Waals surface area contributed by atoms with Crippen LogP contribution >= 0.6 is 31.9 Å². The Morgan fingerprint density at radius 1 is 1.35 bits per heavy atom. The molecule has 0 saturated carbocycles. The molecule has 0 heterocycles. The number of halogens is 2. The van der Waals surface area contributed by atoms with Gasteiger partial charge in [0.25, 0.3) is 0 Å². The van der Waals surface area contributed by atoms with Crippen molar-refractivity contribution in [1.82, 2.24) is 5.32 Å². The summed E-state index contributed by atoms with van der Waals surface area (Å²) in [5.41, 5.74) is 0.530. The molecule has 0 saturated heterocycles. The Labute approximate surface area is 118 Å². The quantitative estimate of drug-likeness (QED) is 0.818. The molecule has 0 aliphatic rings. The van der Waals surface area contributed by atoms with Gasteiger partial charge in [0.1, 0.15) is 0 Å². The third-order valence-corrected chi connectivity index (χ3v) is 5.12. The van der Waals surface area contributed by atoms with Crippen molar-refractivity contribution in [3.8, 4) is 0 Å². The van der Waals surface area contributed by atoms with Gasteiger partial charge < -0.3 is 5.32 Å². The van der Waals surface area contributed by atoms with Gasteiger partial charge in [0, 0.05) is 15.5 Å². The molecule has 0 radical (unpaired) electrons. The maximum Gasteiger partial charge on any atom is 0.236 e. The fourth-order valence-electron chi connectivity index (χ4n) is 1.23. The summed E-state index contributed by atoms with van der Waals surface area (Å²) in [5, 5.41) is 2.34. The van der Waals surface area contributed by atoms with Crippen LogP contribution in [0.3, 0.4) is 0 Å². The van der Waals surface area contributed by atoms with Crippen LogP contribution in [0.2, 0.25) is 0 Å². The number of sulfonamides is 1. The van der Waals surface area contributed by atoms with Gasteiger partial charge >= 0.3 is 0 Å². The molecule has 17 heavy (non-hydrogen) atoms. The average Bonchev–Trinajstić information content (AvgIpc) is 2.23. The molecule has 0 aromatic heterocycles. The molecule has 96 valence electrons. The second kappa shape index (κ2) is 6.17. The van der Waals surface area contributed by atoms with Crippen molar-refractivity contribution in [2.75, 3.05) is 18.3 Å². The molecule has 4 nitrogen and oxygen atoms in total. The molecule has 0 fully saturated rings. The van der Waals surface area contributed by atoms with E-state index in [-0.39, 0.29) is 0 Å². The molecule has 1 rings (SSSR count). The first-order chi connectivity index (χ1) is 7.86. The predicted molar refractivity (Wildman–Crippen MR) is 77.8 cm³/mol. The van der Waals surface area contributed by atoms with E-state index in [0.29, 0.717) is 16.7 Å². The zero-order valence-electron chi connectivity index (χ0n) is 9.50. The van der Waals surface area contributed by atoms with Gasteiger partial charge in [-0.15, -0.1) is 0 Å². The van der Waals surface area contributed by atoms with Crippen LogP contribution in [-0.4, -0.2) is 27.3 Å².